The summed E-state index contributed by atoms with van der Waals surface area (Å²) in [6, 6.07) is 18.1. The third-order valence-corrected chi connectivity index (χ3v) is 5.31. The van der Waals surface area contributed by atoms with Gasteiger partial charge in [-0.3, -0.25) is 14.5 Å². The lowest BCUT2D eigenvalue weighted by Crippen LogP contribution is -2.29. The minimum Gasteiger partial charge on any atom is -0.507 e. The van der Waals surface area contributed by atoms with Gasteiger partial charge in [0, 0.05) is 16.3 Å². The molecule has 30 heavy (non-hydrogen) atoms. The molecule has 0 aromatic heterocycles. The fraction of sp³-hybridized carbons (Fsp3) is 0.0833. The molecule has 0 aliphatic carbocycles. The Hall–Kier alpha value is -3.44. The molecule has 3 aromatic rings. The fourth-order valence-electron chi connectivity index (χ4n) is 3.53. The van der Waals surface area contributed by atoms with Gasteiger partial charge in [-0.05, 0) is 61.0 Å². The van der Waals surface area contributed by atoms with Crippen molar-refractivity contribution in [2.45, 2.75) is 13.0 Å². The van der Waals surface area contributed by atoms with E-state index in [1.165, 1.54) is 29.2 Å². The smallest absolute Gasteiger partial charge is 0.300 e. The van der Waals surface area contributed by atoms with E-state index in [-0.39, 0.29) is 11.3 Å². The van der Waals surface area contributed by atoms with Crippen molar-refractivity contribution in [3.63, 3.8) is 0 Å². The molecule has 0 spiro atoms. The van der Waals surface area contributed by atoms with Crippen molar-refractivity contribution < 1.29 is 19.1 Å². The quantitative estimate of drug-likeness (QED) is 0.349. The molecule has 1 aliphatic rings. The maximum atomic E-state index is 13.4. The molecule has 4 rings (SSSR count). The van der Waals surface area contributed by atoms with Crippen molar-refractivity contribution in [2.75, 3.05) is 4.90 Å². The van der Waals surface area contributed by atoms with Gasteiger partial charge in [0.05, 0.1) is 11.6 Å². The molecule has 1 atom stereocenters. The molecule has 0 radical (unpaired) electrons. The highest BCUT2D eigenvalue weighted by atomic mass is 35.5. The highest BCUT2D eigenvalue weighted by molar-refractivity contribution is 6.51. The van der Waals surface area contributed by atoms with Gasteiger partial charge in [-0.1, -0.05) is 41.4 Å². The molecule has 150 valence electrons. The summed E-state index contributed by atoms with van der Waals surface area (Å²) in [7, 11) is 0. The number of aliphatic hydroxyl groups is 1. The molecule has 1 amide bonds. The summed E-state index contributed by atoms with van der Waals surface area (Å²) in [4.78, 5) is 27.2. The van der Waals surface area contributed by atoms with Crippen molar-refractivity contribution >= 4 is 34.7 Å². The van der Waals surface area contributed by atoms with Gasteiger partial charge in [0.1, 0.15) is 11.6 Å². The molecule has 1 aliphatic heterocycles. The molecular weight excluding hydrogens is 405 g/mol. The van der Waals surface area contributed by atoms with E-state index in [9.17, 15) is 19.1 Å². The molecule has 3 aromatic carbocycles. The Kier molecular flexibility index (Phi) is 5.14. The molecule has 1 heterocycles. The van der Waals surface area contributed by atoms with E-state index in [0.29, 0.717) is 21.8 Å². The first kappa shape index (κ1) is 19.9. The predicted molar refractivity (Wildman–Crippen MR) is 114 cm³/mol. The second kappa shape index (κ2) is 7.76. The van der Waals surface area contributed by atoms with Crippen LogP contribution in [0.25, 0.3) is 5.76 Å². The summed E-state index contributed by atoms with van der Waals surface area (Å²) in [5, 5.41) is 11.5. The number of hydrogen-bond donors (Lipinski definition) is 1. The van der Waals surface area contributed by atoms with Crippen LogP contribution in [-0.2, 0) is 9.59 Å². The van der Waals surface area contributed by atoms with Crippen molar-refractivity contribution in [1.29, 1.82) is 0 Å². The highest BCUT2D eigenvalue weighted by Crippen LogP contribution is 2.42. The van der Waals surface area contributed by atoms with E-state index in [2.05, 4.69) is 0 Å². The summed E-state index contributed by atoms with van der Waals surface area (Å²) in [6.45, 7) is 1.93. The number of carbonyl (C=O) groups is 2. The lowest BCUT2D eigenvalue weighted by molar-refractivity contribution is -0.132. The average Bonchev–Trinajstić information content (AvgIpc) is 3.00. The fourth-order valence-corrected chi connectivity index (χ4v) is 3.65. The maximum absolute atomic E-state index is 13.4. The van der Waals surface area contributed by atoms with Crippen LogP contribution in [0.3, 0.4) is 0 Å². The zero-order valence-electron chi connectivity index (χ0n) is 16.0. The van der Waals surface area contributed by atoms with Crippen LogP contribution in [0.1, 0.15) is 22.7 Å². The van der Waals surface area contributed by atoms with Crippen molar-refractivity contribution in [3.8, 4) is 0 Å². The van der Waals surface area contributed by atoms with Gasteiger partial charge in [0.25, 0.3) is 11.7 Å². The third kappa shape index (κ3) is 3.48. The van der Waals surface area contributed by atoms with Crippen LogP contribution in [0.4, 0.5) is 10.1 Å². The van der Waals surface area contributed by atoms with Gasteiger partial charge in [0.15, 0.2) is 0 Å². The van der Waals surface area contributed by atoms with Gasteiger partial charge in [0.2, 0.25) is 0 Å². The van der Waals surface area contributed by atoms with E-state index in [4.69, 9.17) is 11.6 Å². The normalized spacial score (nSPS) is 18.1. The van der Waals surface area contributed by atoms with E-state index >= 15 is 0 Å². The summed E-state index contributed by atoms with van der Waals surface area (Å²) in [6.07, 6.45) is 0. The summed E-state index contributed by atoms with van der Waals surface area (Å²) >= 11 is 5.93. The van der Waals surface area contributed by atoms with E-state index in [0.717, 1.165) is 5.56 Å². The van der Waals surface area contributed by atoms with Crippen LogP contribution in [0.5, 0.6) is 0 Å². The zero-order valence-corrected chi connectivity index (χ0v) is 16.7. The number of hydrogen-bond acceptors (Lipinski definition) is 3. The molecule has 1 unspecified atom stereocenters. The first-order valence-electron chi connectivity index (χ1n) is 9.26. The second-order valence-electron chi connectivity index (χ2n) is 7.06. The van der Waals surface area contributed by atoms with Gasteiger partial charge in [-0.15, -0.1) is 0 Å². The largest absolute Gasteiger partial charge is 0.507 e. The SMILES string of the molecule is Cc1ccc(C2C(=C(O)c3ccc(Cl)cc3)C(=O)C(=O)N2c2ccc(F)cc2)cc1. The minimum absolute atomic E-state index is 0.0319. The van der Waals surface area contributed by atoms with Crippen LogP contribution < -0.4 is 4.90 Å². The molecule has 0 bridgehead atoms. The predicted octanol–water partition coefficient (Wildman–Crippen LogP) is 5.41. The Balaban J connectivity index is 1.93. The Morgan fingerprint density at radius 1 is 0.933 bits per heavy atom. The van der Waals surface area contributed by atoms with Gasteiger partial charge < -0.3 is 5.11 Å². The molecule has 4 nitrogen and oxygen atoms in total. The Morgan fingerprint density at radius 3 is 2.13 bits per heavy atom. The summed E-state index contributed by atoms with van der Waals surface area (Å²) < 4.78 is 13.4. The topological polar surface area (TPSA) is 57.6 Å². The number of ketones is 1. The number of nitrogens with zero attached hydrogens (tertiary/aromatic N) is 1. The Bertz CT molecular complexity index is 1150. The summed E-state index contributed by atoms with van der Waals surface area (Å²) in [5.41, 5.74) is 2.36. The highest BCUT2D eigenvalue weighted by Gasteiger charge is 2.46. The monoisotopic (exact) mass is 421 g/mol. The first-order chi connectivity index (χ1) is 14.4. The number of anilines is 1. The third-order valence-electron chi connectivity index (χ3n) is 5.06. The van der Waals surface area contributed by atoms with Crippen LogP contribution in [-0.4, -0.2) is 16.8 Å². The van der Waals surface area contributed by atoms with E-state index in [1.807, 2.05) is 19.1 Å². The van der Waals surface area contributed by atoms with Crippen LogP contribution >= 0.6 is 11.6 Å². The maximum Gasteiger partial charge on any atom is 0.300 e. The number of benzene rings is 3. The average molecular weight is 422 g/mol. The number of carbonyl (C=O) groups excluding carboxylic acids is 2. The molecule has 1 saturated heterocycles. The van der Waals surface area contributed by atoms with Gasteiger partial charge >= 0.3 is 0 Å². The number of amides is 1. The summed E-state index contributed by atoms with van der Waals surface area (Å²) in [5.74, 6) is -2.34. The van der Waals surface area contributed by atoms with Crippen molar-refractivity contribution in [2.24, 2.45) is 0 Å². The minimum atomic E-state index is -0.855. The van der Waals surface area contributed by atoms with Crippen molar-refractivity contribution in [3.05, 3.63) is 106 Å². The second-order valence-corrected chi connectivity index (χ2v) is 7.50. The number of aliphatic hydroxyl groups excluding tert-OH is 1. The number of halogens is 2. The van der Waals surface area contributed by atoms with E-state index in [1.54, 1.807) is 36.4 Å². The van der Waals surface area contributed by atoms with E-state index < -0.39 is 23.5 Å². The molecule has 6 heteroatoms. The van der Waals surface area contributed by atoms with Crippen LogP contribution in [0.15, 0.2) is 78.4 Å². The van der Waals surface area contributed by atoms with Gasteiger partial charge in [-0.2, -0.15) is 0 Å². The molecule has 0 saturated carbocycles. The standard InChI is InChI=1S/C24H17ClFNO3/c1-14-2-4-15(5-3-14)21-20(22(28)16-6-8-17(25)9-7-16)23(29)24(30)27(21)19-12-10-18(26)11-13-19/h2-13,21,28H,1H3. The van der Waals surface area contributed by atoms with Crippen LogP contribution in [0, 0.1) is 12.7 Å². The number of rotatable bonds is 3. The van der Waals surface area contributed by atoms with Crippen molar-refractivity contribution in [1.82, 2.24) is 0 Å². The Morgan fingerprint density at radius 2 is 1.53 bits per heavy atom. The van der Waals surface area contributed by atoms with Gasteiger partial charge in [-0.25, -0.2) is 4.39 Å². The van der Waals surface area contributed by atoms with Crippen LogP contribution in [0.2, 0.25) is 5.02 Å². The number of aryl methyl sites for hydroxylation is 1. The molecule has 1 N–H and O–H groups in total. The first-order valence-corrected chi connectivity index (χ1v) is 9.63. The number of Topliss-reactive ketones (excluding diaryl/α,β-unsaturated/α-hetero) is 1. The zero-order chi connectivity index (χ0) is 21.4. The lowest BCUT2D eigenvalue weighted by atomic mass is 9.94. The molecule has 1 fully saturated rings. The molecular formula is C24H17ClFNO3. The Labute approximate surface area is 177 Å². The lowest BCUT2D eigenvalue weighted by Gasteiger charge is -2.25.